The molecule has 0 saturated heterocycles. The quantitative estimate of drug-likeness (QED) is 0.767. The zero-order valence-electron chi connectivity index (χ0n) is 12.1. The van der Waals surface area contributed by atoms with E-state index in [0.29, 0.717) is 17.8 Å². The number of Topliss-reactive ketones (excluding diaryl/α,β-unsaturated/α-hetero) is 1. The molecule has 0 aliphatic rings. The van der Waals surface area contributed by atoms with Crippen LogP contribution in [-0.4, -0.2) is 50.1 Å². The van der Waals surface area contributed by atoms with E-state index in [4.69, 9.17) is 10.5 Å². The molecule has 20 heavy (non-hydrogen) atoms. The lowest BCUT2D eigenvalue weighted by Crippen LogP contribution is -2.29. The van der Waals surface area contributed by atoms with Crippen LogP contribution in [0.1, 0.15) is 17.3 Å². The fourth-order valence-corrected chi connectivity index (χ4v) is 1.74. The van der Waals surface area contributed by atoms with Gasteiger partial charge in [0.15, 0.2) is 5.78 Å². The van der Waals surface area contributed by atoms with Crippen LogP contribution in [0.25, 0.3) is 0 Å². The van der Waals surface area contributed by atoms with E-state index >= 15 is 0 Å². The lowest BCUT2D eigenvalue weighted by Gasteiger charge is -2.17. The highest BCUT2D eigenvalue weighted by Gasteiger charge is 2.10. The van der Waals surface area contributed by atoms with Gasteiger partial charge in [-0.2, -0.15) is 0 Å². The third-order valence-corrected chi connectivity index (χ3v) is 2.57. The Morgan fingerprint density at radius 3 is 2.40 bits per heavy atom. The van der Waals surface area contributed by atoms with Crippen molar-refractivity contribution in [1.29, 1.82) is 0 Å². The Balaban J connectivity index is 2.52. The molecule has 3 N–H and O–H groups in total. The van der Waals surface area contributed by atoms with Crippen LogP contribution in [0.2, 0.25) is 0 Å². The van der Waals surface area contributed by atoms with Crippen molar-refractivity contribution in [3.05, 3.63) is 29.8 Å². The Morgan fingerprint density at radius 2 is 1.90 bits per heavy atom. The second-order valence-electron chi connectivity index (χ2n) is 4.81. The number of carbonyl (C=O) groups excluding carboxylic acids is 2. The SMILES string of the molecule is CC(CN(C)C)OC(=O)Nc1ccc(C(=O)CN)cc1. The van der Waals surface area contributed by atoms with E-state index in [1.807, 2.05) is 25.9 Å². The van der Waals surface area contributed by atoms with Gasteiger partial charge in [0.05, 0.1) is 6.54 Å². The molecule has 1 rings (SSSR count). The van der Waals surface area contributed by atoms with Crippen LogP contribution in [-0.2, 0) is 4.74 Å². The van der Waals surface area contributed by atoms with Crippen LogP contribution in [0.15, 0.2) is 24.3 Å². The topological polar surface area (TPSA) is 84.7 Å². The van der Waals surface area contributed by atoms with Gasteiger partial charge in [-0.3, -0.25) is 10.1 Å². The summed E-state index contributed by atoms with van der Waals surface area (Å²) in [5.74, 6) is -0.140. The standard InChI is InChI=1S/C14H21N3O3/c1-10(9-17(2)3)20-14(19)16-12-6-4-11(5-7-12)13(18)8-15/h4-7,10H,8-9,15H2,1-3H3,(H,16,19). The van der Waals surface area contributed by atoms with E-state index < -0.39 is 6.09 Å². The summed E-state index contributed by atoms with van der Waals surface area (Å²) in [5.41, 5.74) is 6.36. The zero-order chi connectivity index (χ0) is 15.1. The zero-order valence-corrected chi connectivity index (χ0v) is 12.1. The van der Waals surface area contributed by atoms with Crippen molar-refractivity contribution >= 4 is 17.6 Å². The molecule has 1 atom stereocenters. The Hall–Kier alpha value is -1.92. The number of benzene rings is 1. The molecule has 0 spiro atoms. The number of nitrogens with two attached hydrogens (primary N) is 1. The molecule has 6 heteroatoms. The van der Waals surface area contributed by atoms with Crippen molar-refractivity contribution < 1.29 is 14.3 Å². The van der Waals surface area contributed by atoms with Crippen molar-refractivity contribution in [2.45, 2.75) is 13.0 Å². The molecule has 1 unspecified atom stereocenters. The molecule has 0 radical (unpaired) electrons. The summed E-state index contributed by atoms with van der Waals surface area (Å²) in [6.45, 7) is 2.44. The van der Waals surface area contributed by atoms with E-state index in [0.717, 1.165) is 0 Å². The first-order valence-corrected chi connectivity index (χ1v) is 6.38. The normalized spacial score (nSPS) is 12.1. The molecule has 0 aliphatic heterocycles. The molecule has 0 saturated carbocycles. The van der Waals surface area contributed by atoms with Gasteiger partial charge in [-0.25, -0.2) is 4.79 Å². The maximum absolute atomic E-state index is 11.6. The highest BCUT2D eigenvalue weighted by Crippen LogP contribution is 2.10. The molecule has 0 bridgehead atoms. The third kappa shape index (κ3) is 5.38. The Bertz CT molecular complexity index is 457. The molecular formula is C14H21N3O3. The number of likely N-dealkylation sites (N-methyl/N-ethyl adjacent to an activating group) is 1. The molecule has 0 fully saturated rings. The van der Waals surface area contributed by atoms with Crippen LogP contribution in [0.3, 0.4) is 0 Å². The van der Waals surface area contributed by atoms with Crippen molar-refractivity contribution in [1.82, 2.24) is 4.90 Å². The monoisotopic (exact) mass is 279 g/mol. The Morgan fingerprint density at radius 1 is 1.30 bits per heavy atom. The Kier molecular flexibility index (Phi) is 6.14. The number of nitrogens with zero attached hydrogens (tertiary/aromatic N) is 1. The van der Waals surface area contributed by atoms with Gasteiger partial charge in [0.2, 0.25) is 0 Å². The van der Waals surface area contributed by atoms with Crippen LogP contribution >= 0.6 is 0 Å². The summed E-state index contributed by atoms with van der Waals surface area (Å²) < 4.78 is 5.19. The first-order valence-electron chi connectivity index (χ1n) is 6.38. The van der Waals surface area contributed by atoms with E-state index in [-0.39, 0.29) is 18.4 Å². The smallest absolute Gasteiger partial charge is 0.411 e. The van der Waals surface area contributed by atoms with Crippen molar-refractivity contribution in [2.75, 3.05) is 32.5 Å². The van der Waals surface area contributed by atoms with Crippen molar-refractivity contribution in [3.8, 4) is 0 Å². The van der Waals surface area contributed by atoms with Gasteiger partial charge in [0, 0.05) is 17.8 Å². The first-order chi connectivity index (χ1) is 9.42. The van der Waals surface area contributed by atoms with E-state index in [1.54, 1.807) is 24.3 Å². The number of ether oxygens (including phenoxy) is 1. The second kappa shape index (κ2) is 7.62. The molecule has 0 heterocycles. The molecule has 1 amide bonds. The summed E-state index contributed by atoms with van der Waals surface area (Å²) in [4.78, 5) is 24.9. The minimum atomic E-state index is -0.516. The van der Waals surface area contributed by atoms with Crippen molar-refractivity contribution in [3.63, 3.8) is 0 Å². The Labute approximate surface area is 118 Å². The summed E-state index contributed by atoms with van der Waals surface area (Å²) in [7, 11) is 3.82. The average Bonchev–Trinajstić information content (AvgIpc) is 2.37. The van der Waals surface area contributed by atoms with E-state index in [2.05, 4.69) is 5.32 Å². The maximum Gasteiger partial charge on any atom is 0.411 e. The summed E-state index contributed by atoms with van der Waals surface area (Å²) in [6.07, 6.45) is -0.722. The average molecular weight is 279 g/mol. The minimum absolute atomic E-state index is 0.0309. The molecule has 1 aromatic rings. The van der Waals surface area contributed by atoms with Gasteiger partial charge in [-0.05, 0) is 45.3 Å². The number of ketones is 1. The number of carbonyl (C=O) groups is 2. The highest BCUT2D eigenvalue weighted by atomic mass is 16.6. The fraction of sp³-hybridized carbons (Fsp3) is 0.429. The van der Waals surface area contributed by atoms with E-state index in [1.165, 1.54) is 0 Å². The van der Waals surface area contributed by atoms with Gasteiger partial charge in [-0.1, -0.05) is 0 Å². The second-order valence-corrected chi connectivity index (χ2v) is 4.81. The van der Waals surface area contributed by atoms with Gasteiger partial charge >= 0.3 is 6.09 Å². The summed E-state index contributed by atoms with van der Waals surface area (Å²) in [5, 5.41) is 2.61. The number of hydrogen-bond donors (Lipinski definition) is 2. The number of hydrogen-bond acceptors (Lipinski definition) is 5. The molecule has 1 aromatic carbocycles. The van der Waals surface area contributed by atoms with Gasteiger partial charge in [0.1, 0.15) is 6.10 Å². The van der Waals surface area contributed by atoms with Gasteiger partial charge < -0.3 is 15.4 Å². The molecular weight excluding hydrogens is 258 g/mol. The lowest BCUT2D eigenvalue weighted by molar-refractivity contribution is 0.0999. The highest BCUT2D eigenvalue weighted by molar-refractivity contribution is 5.98. The van der Waals surface area contributed by atoms with Gasteiger partial charge in [-0.15, -0.1) is 0 Å². The van der Waals surface area contributed by atoms with Gasteiger partial charge in [0.25, 0.3) is 0 Å². The molecule has 6 nitrogen and oxygen atoms in total. The molecule has 0 aliphatic carbocycles. The number of nitrogens with one attached hydrogen (secondary N) is 1. The predicted octanol–water partition coefficient (Wildman–Crippen LogP) is 1.33. The van der Waals surface area contributed by atoms with Crippen LogP contribution < -0.4 is 11.1 Å². The lowest BCUT2D eigenvalue weighted by atomic mass is 10.1. The predicted molar refractivity (Wildman–Crippen MR) is 77.9 cm³/mol. The van der Waals surface area contributed by atoms with Crippen LogP contribution in [0.4, 0.5) is 10.5 Å². The van der Waals surface area contributed by atoms with Crippen LogP contribution in [0.5, 0.6) is 0 Å². The summed E-state index contributed by atoms with van der Waals surface area (Å²) in [6, 6.07) is 6.52. The summed E-state index contributed by atoms with van der Waals surface area (Å²) >= 11 is 0. The number of rotatable bonds is 6. The maximum atomic E-state index is 11.6. The van der Waals surface area contributed by atoms with Crippen molar-refractivity contribution in [2.24, 2.45) is 5.73 Å². The van der Waals surface area contributed by atoms with E-state index in [9.17, 15) is 9.59 Å². The fourth-order valence-electron chi connectivity index (χ4n) is 1.74. The minimum Gasteiger partial charge on any atom is -0.445 e. The largest absolute Gasteiger partial charge is 0.445 e. The molecule has 110 valence electrons. The first kappa shape index (κ1) is 16.1. The molecule has 0 aromatic heterocycles. The van der Waals surface area contributed by atoms with Crippen LogP contribution in [0, 0.1) is 0 Å². The number of amides is 1. The third-order valence-electron chi connectivity index (χ3n) is 2.57. The number of anilines is 1.